The van der Waals surface area contributed by atoms with Gasteiger partial charge in [0, 0.05) is 26.4 Å². The van der Waals surface area contributed by atoms with E-state index in [1.54, 1.807) is 7.05 Å². The Labute approximate surface area is 109 Å². The van der Waals surface area contributed by atoms with E-state index in [2.05, 4.69) is 5.32 Å². The van der Waals surface area contributed by atoms with Crippen molar-refractivity contribution >= 4 is 23.7 Å². The highest BCUT2D eigenvalue weighted by Gasteiger charge is 2.34. The Morgan fingerprint density at radius 2 is 2.16 bits per heavy atom. The van der Waals surface area contributed by atoms with E-state index in [1.165, 1.54) is 4.90 Å². The number of likely N-dealkylation sites (tertiary alicyclic amines) is 1. The van der Waals surface area contributed by atoms with Crippen LogP contribution in [0.25, 0.3) is 0 Å². The molecule has 8 nitrogen and oxygen atoms in total. The Hall–Kier alpha value is -2.12. The molecule has 1 rings (SSSR count). The summed E-state index contributed by atoms with van der Waals surface area (Å²) < 4.78 is 0. The van der Waals surface area contributed by atoms with Gasteiger partial charge in [0.05, 0.1) is 5.92 Å². The summed E-state index contributed by atoms with van der Waals surface area (Å²) in [7, 11) is 1.58. The number of carboxylic acid groups (broad SMARTS) is 1. The quantitative estimate of drug-likeness (QED) is 0.530. The van der Waals surface area contributed by atoms with E-state index in [-0.39, 0.29) is 31.7 Å². The number of aliphatic carboxylic acids is 1. The van der Waals surface area contributed by atoms with Crippen LogP contribution in [0.3, 0.4) is 0 Å². The first-order chi connectivity index (χ1) is 8.81. The minimum absolute atomic E-state index is 0.0626. The van der Waals surface area contributed by atoms with Crippen LogP contribution in [0, 0.1) is 5.92 Å². The predicted molar refractivity (Wildman–Crippen MR) is 63.7 cm³/mol. The molecule has 2 atom stereocenters. The molecular formula is C11H17N3O5. The fourth-order valence-electron chi connectivity index (χ4n) is 1.87. The third kappa shape index (κ3) is 4.23. The zero-order valence-corrected chi connectivity index (χ0v) is 10.6. The van der Waals surface area contributed by atoms with Crippen LogP contribution in [0.5, 0.6) is 0 Å². The van der Waals surface area contributed by atoms with Gasteiger partial charge in [-0.15, -0.1) is 0 Å². The van der Waals surface area contributed by atoms with Gasteiger partial charge in [-0.1, -0.05) is 0 Å². The Bertz CT molecular complexity index is 409. The zero-order chi connectivity index (χ0) is 14.6. The Kier molecular flexibility index (Phi) is 4.85. The first-order valence-corrected chi connectivity index (χ1v) is 5.86. The number of hydrogen-bond donors (Lipinski definition) is 3. The van der Waals surface area contributed by atoms with Crippen molar-refractivity contribution in [3.8, 4) is 0 Å². The number of nitrogens with one attached hydrogen (secondary N) is 1. The van der Waals surface area contributed by atoms with Gasteiger partial charge in [0.15, 0.2) is 0 Å². The fraction of sp³-hybridized carbons (Fsp3) is 0.636. The lowest BCUT2D eigenvalue weighted by atomic mass is 10.1. The Morgan fingerprint density at radius 1 is 1.53 bits per heavy atom. The molecule has 0 bridgehead atoms. The number of nitrogens with two attached hydrogens (primary N) is 1. The molecular weight excluding hydrogens is 254 g/mol. The summed E-state index contributed by atoms with van der Waals surface area (Å²) in [6.07, 6.45) is -0.113. The number of rotatable bonds is 6. The molecule has 0 saturated carbocycles. The molecule has 1 aliphatic rings. The highest BCUT2D eigenvalue weighted by molar-refractivity contribution is 5.91. The van der Waals surface area contributed by atoms with Crippen molar-refractivity contribution < 1.29 is 24.3 Å². The Morgan fingerprint density at radius 3 is 2.58 bits per heavy atom. The monoisotopic (exact) mass is 271 g/mol. The van der Waals surface area contributed by atoms with Crippen molar-refractivity contribution in [1.29, 1.82) is 0 Å². The van der Waals surface area contributed by atoms with Crippen LogP contribution >= 0.6 is 0 Å². The highest BCUT2D eigenvalue weighted by Crippen LogP contribution is 2.16. The van der Waals surface area contributed by atoms with Crippen molar-refractivity contribution in [3.05, 3.63) is 0 Å². The summed E-state index contributed by atoms with van der Waals surface area (Å²) >= 11 is 0. The smallest absolute Gasteiger partial charge is 0.326 e. The number of carboxylic acids is 1. The van der Waals surface area contributed by atoms with E-state index in [1.807, 2.05) is 0 Å². The summed E-state index contributed by atoms with van der Waals surface area (Å²) in [5.74, 6) is -3.05. The second-order valence-electron chi connectivity index (χ2n) is 4.58. The van der Waals surface area contributed by atoms with Crippen LogP contribution in [0.1, 0.15) is 19.3 Å². The molecule has 1 fully saturated rings. The molecule has 0 spiro atoms. The molecule has 0 aliphatic carbocycles. The van der Waals surface area contributed by atoms with Gasteiger partial charge in [0.25, 0.3) is 0 Å². The lowest BCUT2D eigenvalue weighted by Crippen LogP contribution is -2.44. The molecule has 0 radical (unpaired) electrons. The van der Waals surface area contributed by atoms with Gasteiger partial charge in [-0.2, -0.15) is 0 Å². The molecule has 8 heteroatoms. The number of carbonyl (C=O) groups is 4. The molecule has 0 aromatic heterocycles. The lowest BCUT2D eigenvalue weighted by molar-refractivity contribution is -0.142. The van der Waals surface area contributed by atoms with Gasteiger partial charge in [-0.3, -0.25) is 14.4 Å². The third-order valence-electron chi connectivity index (χ3n) is 3.01. The molecule has 1 saturated heterocycles. The first-order valence-electron chi connectivity index (χ1n) is 5.86. The van der Waals surface area contributed by atoms with Gasteiger partial charge < -0.3 is 21.1 Å². The second kappa shape index (κ2) is 6.17. The summed E-state index contributed by atoms with van der Waals surface area (Å²) in [6.45, 7) is 0.271. The minimum atomic E-state index is -1.23. The van der Waals surface area contributed by atoms with E-state index in [4.69, 9.17) is 10.8 Å². The highest BCUT2D eigenvalue weighted by atomic mass is 16.4. The van der Waals surface area contributed by atoms with Crippen molar-refractivity contribution in [1.82, 2.24) is 10.2 Å². The summed E-state index contributed by atoms with van der Waals surface area (Å²) in [5, 5.41) is 11.3. The van der Waals surface area contributed by atoms with Crippen LogP contribution in [-0.2, 0) is 19.2 Å². The number of hydrogen-bond acceptors (Lipinski definition) is 4. The summed E-state index contributed by atoms with van der Waals surface area (Å²) in [4.78, 5) is 46.1. The van der Waals surface area contributed by atoms with Crippen molar-refractivity contribution in [2.45, 2.75) is 25.3 Å². The fourth-order valence-corrected chi connectivity index (χ4v) is 1.87. The maximum absolute atomic E-state index is 11.8. The normalized spacial score (nSPS) is 20.2. The molecule has 0 aromatic carbocycles. The molecule has 1 unspecified atom stereocenters. The number of amides is 3. The van der Waals surface area contributed by atoms with Crippen LogP contribution in [0.15, 0.2) is 0 Å². The minimum Gasteiger partial charge on any atom is -0.480 e. The van der Waals surface area contributed by atoms with Gasteiger partial charge in [0.1, 0.15) is 6.04 Å². The average molecular weight is 271 g/mol. The zero-order valence-electron chi connectivity index (χ0n) is 10.6. The predicted octanol–water partition coefficient (Wildman–Crippen LogP) is -1.70. The molecule has 0 aromatic rings. The Balaban J connectivity index is 2.54. The van der Waals surface area contributed by atoms with E-state index >= 15 is 0 Å². The van der Waals surface area contributed by atoms with E-state index in [9.17, 15) is 19.2 Å². The molecule has 106 valence electrons. The van der Waals surface area contributed by atoms with Gasteiger partial charge in [-0.25, -0.2) is 4.79 Å². The van der Waals surface area contributed by atoms with Gasteiger partial charge in [0.2, 0.25) is 17.7 Å². The average Bonchev–Trinajstić information content (AvgIpc) is 2.64. The number of nitrogens with zero attached hydrogens (tertiary/aromatic N) is 1. The van der Waals surface area contributed by atoms with Crippen molar-refractivity contribution in [3.63, 3.8) is 0 Å². The topological polar surface area (TPSA) is 130 Å². The summed E-state index contributed by atoms with van der Waals surface area (Å²) in [5.41, 5.74) is 4.93. The number of primary amides is 1. The van der Waals surface area contributed by atoms with Crippen LogP contribution in [0.2, 0.25) is 0 Å². The summed E-state index contributed by atoms with van der Waals surface area (Å²) in [6, 6.07) is -1.17. The van der Waals surface area contributed by atoms with Crippen molar-refractivity contribution in [2.75, 3.05) is 13.6 Å². The van der Waals surface area contributed by atoms with E-state index in [0.29, 0.717) is 0 Å². The number of carbonyl (C=O) groups excluding carboxylic acids is 3. The second-order valence-corrected chi connectivity index (χ2v) is 4.58. The lowest BCUT2D eigenvalue weighted by Gasteiger charge is -2.16. The van der Waals surface area contributed by atoms with Crippen LogP contribution in [0.4, 0.5) is 0 Å². The molecule has 19 heavy (non-hydrogen) atoms. The van der Waals surface area contributed by atoms with Crippen LogP contribution < -0.4 is 11.1 Å². The molecule has 3 amide bonds. The third-order valence-corrected chi connectivity index (χ3v) is 3.01. The maximum atomic E-state index is 11.8. The molecule has 4 N–H and O–H groups in total. The largest absolute Gasteiger partial charge is 0.480 e. The van der Waals surface area contributed by atoms with Gasteiger partial charge in [-0.05, 0) is 6.42 Å². The van der Waals surface area contributed by atoms with Crippen LogP contribution in [-0.4, -0.2) is 53.3 Å². The first kappa shape index (κ1) is 14.9. The van der Waals surface area contributed by atoms with E-state index in [0.717, 1.165) is 0 Å². The maximum Gasteiger partial charge on any atom is 0.326 e. The molecule has 1 heterocycles. The molecule has 1 aliphatic heterocycles. The van der Waals surface area contributed by atoms with E-state index < -0.39 is 29.7 Å². The van der Waals surface area contributed by atoms with Gasteiger partial charge >= 0.3 is 5.97 Å². The SMILES string of the molecule is CN1CC(C(=O)N[C@H](CCC(N)=O)C(=O)O)CC1=O. The standard InChI is InChI=1S/C11H17N3O5/c1-14-5-6(4-9(14)16)10(17)13-7(11(18)19)2-3-8(12)15/h6-7H,2-5H2,1H3,(H2,12,15)(H,13,17)(H,18,19)/t6?,7-/m1/s1. The van der Waals surface area contributed by atoms with Crippen molar-refractivity contribution in [2.24, 2.45) is 11.7 Å².